The van der Waals surface area contributed by atoms with E-state index in [0.717, 1.165) is 22.8 Å². The topological polar surface area (TPSA) is 61.8 Å². The summed E-state index contributed by atoms with van der Waals surface area (Å²) in [5.41, 5.74) is 1.56. The van der Waals surface area contributed by atoms with Gasteiger partial charge in [-0.25, -0.2) is 0 Å². The van der Waals surface area contributed by atoms with Crippen molar-refractivity contribution in [2.75, 3.05) is 0 Å². The Morgan fingerprint density at radius 1 is 1.23 bits per heavy atom. The van der Waals surface area contributed by atoms with Crippen LogP contribution in [0.5, 0.6) is 0 Å². The van der Waals surface area contributed by atoms with Crippen LogP contribution in [0.4, 0.5) is 0 Å². The summed E-state index contributed by atoms with van der Waals surface area (Å²) in [6.07, 6.45) is 0. The fraction of sp³-hybridized carbons (Fsp3) is 0.222. The highest BCUT2D eigenvalue weighted by atomic mass is 16.3. The normalized spacial score (nSPS) is 10.6. The number of hydrogen-bond acceptors (Lipinski definition) is 2. The first-order valence-corrected chi connectivity index (χ1v) is 4.02. The van der Waals surface area contributed by atoms with Gasteiger partial charge in [0, 0.05) is 11.6 Å². The predicted molar refractivity (Wildman–Crippen MR) is 48.6 cm³/mol. The Kier molecular flexibility index (Phi) is 1.62. The summed E-state index contributed by atoms with van der Waals surface area (Å²) in [7, 11) is 0. The van der Waals surface area contributed by atoms with E-state index in [2.05, 4.69) is 10.2 Å². The fourth-order valence-corrected chi connectivity index (χ4v) is 1.38. The average molecular weight is 178 g/mol. The van der Waals surface area contributed by atoms with Gasteiger partial charge < -0.3 is 4.42 Å². The van der Waals surface area contributed by atoms with E-state index < -0.39 is 0 Å². The number of aromatic amines is 2. The standard InChI is InChI=1S/C9H10N2O2/c1-5-3-7(6(2)13-5)8-4-9(12)11-10-8/h3-4H,1-2H3,(H2,10,11,12). The highest BCUT2D eigenvalue weighted by Crippen LogP contribution is 2.23. The van der Waals surface area contributed by atoms with Gasteiger partial charge in [0.15, 0.2) is 0 Å². The summed E-state index contributed by atoms with van der Waals surface area (Å²) in [5, 5.41) is 5.26. The quantitative estimate of drug-likeness (QED) is 0.696. The molecule has 0 spiro atoms. The third kappa shape index (κ3) is 1.30. The molecule has 0 radical (unpaired) electrons. The Morgan fingerprint density at radius 3 is 2.46 bits per heavy atom. The number of nitrogens with one attached hydrogen (secondary N) is 2. The van der Waals surface area contributed by atoms with Gasteiger partial charge in [-0.3, -0.25) is 15.0 Å². The van der Waals surface area contributed by atoms with Crippen molar-refractivity contribution in [1.82, 2.24) is 10.2 Å². The predicted octanol–water partition coefficient (Wildman–Crippen LogP) is 1.58. The van der Waals surface area contributed by atoms with Crippen molar-refractivity contribution in [2.24, 2.45) is 0 Å². The van der Waals surface area contributed by atoms with E-state index in [1.807, 2.05) is 19.9 Å². The van der Waals surface area contributed by atoms with Crippen LogP contribution in [0.15, 0.2) is 21.3 Å². The fourth-order valence-electron chi connectivity index (χ4n) is 1.38. The van der Waals surface area contributed by atoms with Crippen molar-refractivity contribution < 1.29 is 4.42 Å². The Morgan fingerprint density at radius 2 is 2.00 bits per heavy atom. The molecule has 0 aliphatic rings. The van der Waals surface area contributed by atoms with E-state index >= 15 is 0 Å². The highest BCUT2D eigenvalue weighted by Gasteiger charge is 2.08. The zero-order valence-electron chi connectivity index (χ0n) is 7.47. The van der Waals surface area contributed by atoms with Gasteiger partial charge >= 0.3 is 0 Å². The molecule has 0 atom stereocenters. The monoisotopic (exact) mass is 178 g/mol. The third-order valence-electron chi connectivity index (χ3n) is 1.93. The van der Waals surface area contributed by atoms with Gasteiger partial charge in [-0.15, -0.1) is 0 Å². The minimum absolute atomic E-state index is 0.131. The van der Waals surface area contributed by atoms with Crippen LogP contribution < -0.4 is 5.56 Å². The van der Waals surface area contributed by atoms with Crippen molar-refractivity contribution in [3.63, 3.8) is 0 Å². The molecule has 4 nitrogen and oxygen atoms in total. The first kappa shape index (κ1) is 7.91. The molecule has 2 aromatic heterocycles. The maximum absolute atomic E-state index is 10.9. The second-order valence-corrected chi connectivity index (χ2v) is 3.00. The van der Waals surface area contributed by atoms with Crippen LogP contribution in [0.3, 0.4) is 0 Å². The van der Waals surface area contributed by atoms with Crippen molar-refractivity contribution in [1.29, 1.82) is 0 Å². The van der Waals surface area contributed by atoms with E-state index in [0.29, 0.717) is 0 Å². The van der Waals surface area contributed by atoms with E-state index in [-0.39, 0.29) is 5.56 Å². The number of hydrogen-bond donors (Lipinski definition) is 2. The van der Waals surface area contributed by atoms with Gasteiger partial charge in [-0.2, -0.15) is 0 Å². The number of aryl methyl sites for hydroxylation is 2. The molecule has 0 saturated heterocycles. The van der Waals surface area contributed by atoms with Crippen LogP contribution in [0, 0.1) is 13.8 Å². The molecule has 0 aromatic carbocycles. The largest absolute Gasteiger partial charge is 0.466 e. The molecular weight excluding hydrogens is 168 g/mol. The van der Waals surface area contributed by atoms with Crippen molar-refractivity contribution in [3.05, 3.63) is 34.0 Å². The third-order valence-corrected chi connectivity index (χ3v) is 1.93. The maximum atomic E-state index is 10.9. The number of furan rings is 1. The number of H-pyrrole nitrogens is 2. The molecule has 2 rings (SSSR count). The van der Waals surface area contributed by atoms with E-state index in [4.69, 9.17) is 4.42 Å². The molecule has 4 heteroatoms. The maximum Gasteiger partial charge on any atom is 0.264 e. The van der Waals surface area contributed by atoms with Crippen molar-refractivity contribution in [2.45, 2.75) is 13.8 Å². The van der Waals surface area contributed by atoms with Crippen LogP contribution in [-0.4, -0.2) is 10.2 Å². The minimum atomic E-state index is -0.131. The lowest BCUT2D eigenvalue weighted by Gasteiger charge is -1.90. The van der Waals surface area contributed by atoms with Crippen LogP contribution >= 0.6 is 0 Å². The molecule has 0 unspecified atom stereocenters. The zero-order chi connectivity index (χ0) is 9.42. The molecule has 2 N–H and O–H groups in total. The lowest BCUT2D eigenvalue weighted by Crippen LogP contribution is -1.93. The summed E-state index contributed by atoms with van der Waals surface area (Å²) >= 11 is 0. The second kappa shape index (κ2) is 2.65. The van der Waals surface area contributed by atoms with Gasteiger partial charge in [-0.1, -0.05) is 0 Å². The molecule has 0 fully saturated rings. The summed E-state index contributed by atoms with van der Waals surface area (Å²) in [4.78, 5) is 10.9. The summed E-state index contributed by atoms with van der Waals surface area (Å²) in [6.45, 7) is 3.74. The first-order chi connectivity index (χ1) is 6.16. The van der Waals surface area contributed by atoms with Crippen LogP contribution in [0.2, 0.25) is 0 Å². The smallest absolute Gasteiger partial charge is 0.264 e. The minimum Gasteiger partial charge on any atom is -0.466 e. The molecule has 2 aromatic rings. The molecule has 0 aliphatic heterocycles. The van der Waals surface area contributed by atoms with Gasteiger partial charge in [0.25, 0.3) is 5.56 Å². The molecular formula is C9H10N2O2. The number of rotatable bonds is 1. The zero-order valence-corrected chi connectivity index (χ0v) is 7.47. The van der Waals surface area contributed by atoms with Gasteiger partial charge in [0.2, 0.25) is 0 Å². The molecule has 0 amide bonds. The number of aromatic nitrogens is 2. The van der Waals surface area contributed by atoms with E-state index in [1.165, 1.54) is 6.07 Å². The van der Waals surface area contributed by atoms with Crippen molar-refractivity contribution in [3.8, 4) is 11.3 Å². The molecule has 2 heterocycles. The first-order valence-electron chi connectivity index (χ1n) is 4.02. The van der Waals surface area contributed by atoms with Gasteiger partial charge in [0.1, 0.15) is 11.5 Å². The van der Waals surface area contributed by atoms with E-state index in [1.54, 1.807) is 0 Å². The Hall–Kier alpha value is -1.71. The Bertz CT molecular complexity index is 476. The highest BCUT2D eigenvalue weighted by molar-refractivity contribution is 5.61. The van der Waals surface area contributed by atoms with Gasteiger partial charge in [-0.05, 0) is 19.9 Å². The second-order valence-electron chi connectivity index (χ2n) is 3.00. The molecule has 0 saturated carbocycles. The van der Waals surface area contributed by atoms with Crippen LogP contribution in [0.25, 0.3) is 11.3 Å². The average Bonchev–Trinajstić information content (AvgIpc) is 2.58. The molecule has 13 heavy (non-hydrogen) atoms. The van der Waals surface area contributed by atoms with Crippen LogP contribution in [0.1, 0.15) is 11.5 Å². The summed E-state index contributed by atoms with van der Waals surface area (Å²) in [5.74, 6) is 1.65. The summed E-state index contributed by atoms with van der Waals surface area (Å²) in [6, 6.07) is 3.41. The lowest BCUT2D eigenvalue weighted by atomic mass is 10.2. The van der Waals surface area contributed by atoms with Crippen LogP contribution in [-0.2, 0) is 0 Å². The van der Waals surface area contributed by atoms with E-state index in [9.17, 15) is 4.79 Å². The lowest BCUT2D eigenvalue weighted by molar-refractivity contribution is 0.505. The van der Waals surface area contributed by atoms with Gasteiger partial charge in [0.05, 0.1) is 5.69 Å². The summed E-state index contributed by atoms with van der Waals surface area (Å²) < 4.78 is 5.34. The SMILES string of the molecule is Cc1cc(-c2cc(=O)[nH][nH]2)c(C)o1. The Balaban J connectivity index is 2.57. The molecule has 0 aliphatic carbocycles. The Labute approximate surface area is 74.6 Å². The molecule has 0 bridgehead atoms. The van der Waals surface area contributed by atoms with Crippen molar-refractivity contribution >= 4 is 0 Å². The molecule has 68 valence electrons.